The number of β-amino-alcohol motifs (C(OH)–C–C–N with tert-alkyl or cyclic N) is 1. The lowest BCUT2D eigenvalue weighted by molar-refractivity contribution is -0.123. The first-order valence-electron chi connectivity index (χ1n) is 5.76. The SMILES string of the molecule is O=C1SC(=Cc2ccc(Cl)cc2)C(=O)N1CC(O)CCl. The zero-order valence-corrected chi connectivity index (χ0v) is 12.6. The van der Waals surface area contributed by atoms with E-state index in [0.717, 1.165) is 22.2 Å². The zero-order valence-electron chi connectivity index (χ0n) is 10.3. The lowest BCUT2D eigenvalue weighted by Gasteiger charge is -2.15. The molecule has 2 rings (SSSR count). The van der Waals surface area contributed by atoms with E-state index in [2.05, 4.69) is 0 Å². The number of carbonyl (C=O) groups excluding carboxylic acids is 2. The number of carbonyl (C=O) groups is 2. The predicted molar refractivity (Wildman–Crippen MR) is 80.9 cm³/mol. The van der Waals surface area contributed by atoms with E-state index >= 15 is 0 Å². The molecule has 1 aliphatic rings. The molecule has 1 atom stereocenters. The number of alkyl halides is 1. The van der Waals surface area contributed by atoms with Gasteiger partial charge < -0.3 is 5.11 Å². The zero-order chi connectivity index (χ0) is 14.7. The number of aliphatic hydroxyl groups is 1. The normalized spacial score (nSPS) is 18.9. The van der Waals surface area contributed by atoms with Crippen molar-refractivity contribution in [3.63, 3.8) is 0 Å². The van der Waals surface area contributed by atoms with Crippen LogP contribution in [0.4, 0.5) is 4.79 Å². The third-order valence-corrected chi connectivity index (χ3v) is 4.13. The molecule has 7 heteroatoms. The van der Waals surface area contributed by atoms with Crippen LogP contribution >= 0.6 is 35.0 Å². The number of benzene rings is 1. The van der Waals surface area contributed by atoms with Gasteiger partial charge >= 0.3 is 0 Å². The van der Waals surface area contributed by atoms with Crippen LogP contribution in [-0.2, 0) is 4.79 Å². The van der Waals surface area contributed by atoms with Crippen molar-refractivity contribution in [3.05, 3.63) is 39.8 Å². The number of hydrogen-bond donors (Lipinski definition) is 1. The smallest absolute Gasteiger partial charge is 0.293 e. The number of thioether (sulfide) groups is 1. The van der Waals surface area contributed by atoms with E-state index in [9.17, 15) is 14.7 Å². The van der Waals surface area contributed by atoms with Gasteiger partial charge in [-0.2, -0.15) is 0 Å². The Morgan fingerprint density at radius 2 is 1.95 bits per heavy atom. The van der Waals surface area contributed by atoms with Crippen molar-refractivity contribution >= 4 is 52.2 Å². The average molecular weight is 332 g/mol. The van der Waals surface area contributed by atoms with Gasteiger partial charge in [0.05, 0.1) is 23.4 Å². The number of rotatable bonds is 4. The lowest BCUT2D eigenvalue weighted by atomic mass is 10.2. The van der Waals surface area contributed by atoms with E-state index in [1.54, 1.807) is 30.3 Å². The van der Waals surface area contributed by atoms with Crippen LogP contribution in [0.1, 0.15) is 5.56 Å². The summed E-state index contributed by atoms with van der Waals surface area (Å²) in [6, 6.07) is 6.91. The Balaban J connectivity index is 2.17. The topological polar surface area (TPSA) is 57.6 Å². The summed E-state index contributed by atoms with van der Waals surface area (Å²) in [7, 11) is 0. The van der Waals surface area contributed by atoms with Crippen molar-refractivity contribution in [2.75, 3.05) is 12.4 Å². The van der Waals surface area contributed by atoms with Crippen LogP contribution in [0.2, 0.25) is 5.02 Å². The Morgan fingerprint density at radius 1 is 1.30 bits per heavy atom. The maximum absolute atomic E-state index is 12.1. The van der Waals surface area contributed by atoms with Gasteiger partial charge in [0.1, 0.15) is 0 Å². The minimum atomic E-state index is -0.917. The minimum absolute atomic E-state index is 0.0298. The van der Waals surface area contributed by atoms with Crippen LogP contribution < -0.4 is 0 Å². The van der Waals surface area contributed by atoms with Crippen LogP contribution in [0.25, 0.3) is 6.08 Å². The molecule has 1 unspecified atom stereocenters. The summed E-state index contributed by atoms with van der Waals surface area (Å²) in [6.45, 7) is -0.0911. The van der Waals surface area contributed by atoms with E-state index < -0.39 is 17.3 Å². The second kappa shape index (κ2) is 6.63. The molecular weight excluding hydrogens is 321 g/mol. The van der Waals surface area contributed by atoms with Gasteiger partial charge in [-0.3, -0.25) is 14.5 Å². The van der Waals surface area contributed by atoms with Crippen molar-refractivity contribution in [3.8, 4) is 0 Å². The highest BCUT2D eigenvalue weighted by molar-refractivity contribution is 8.18. The van der Waals surface area contributed by atoms with Crippen molar-refractivity contribution in [1.82, 2.24) is 4.90 Å². The molecule has 0 radical (unpaired) electrons. The first-order valence-corrected chi connectivity index (χ1v) is 7.49. The highest BCUT2D eigenvalue weighted by atomic mass is 35.5. The molecule has 4 nitrogen and oxygen atoms in total. The van der Waals surface area contributed by atoms with Crippen LogP contribution in [0.15, 0.2) is 29.2 Å². The summed E-state index contributed by atoms with van der Waals surface area (Å²) in [6.07, 6.45) is 0.703. The van der Waals surface area contributed by atoms with Crippen molar-refractivity contribution in [2.24, 2.45) is 0 Å². The third-order valence-electron chi connectivity index (χ3n) is 2.61. The molecule has 1 heterocycles. The van der Waals surface area contributed by atoms with E-state index in [-0.39, 0.29) is 12.4 Å². The van der Waals surface area contributed by atoms with Crippen LogP contribution in [0, 0.1) is 0 Å². The molecule has 1 fully saturated rings. The number of imide groups is 1. The number of hydrogen-bond acceptors (Lipinski definition) is 4. The van der Waals surface area contributed by atoms with E-state index in [1.807, 2.05) is 0 Å². The number of nitrogens with zero attached hydrogens (tertiary/aromatic N) is 1. The fourth-order valence-electron chi connectivity index (χ4n) is 1.63. The van der Waals surface area contributed by atoms with Crippen LogP contribution in [0.5, 0.6) is 0 Å². The molecule has 20 heavy (non-hydrogen) atoms. The molecule has 1 saturated heterocycles. The molecule has 1 aliphatic heterocycles. The quantitative estimate of drug-likeness (QED) is 0.680. The standard InChI is InChI=1S/C13H11Cl2NO3S/c14-6-10(17)7-16-12(18)11(20-13(16)19)5-8-1-3-9(15)4-2-8/h1-5,10,17H,6-7H2. The second-order valence-electron chi connectivity index (χ2n) is 4.15. The highest BCUT2D eigenvalue weighted by Gasteiger charge is 2.35. The van der Waals surface area contributed by atoms with E-state index in [4.69, 9.17) is 23.2 Å². The minimum Gasteiger partial charge on any atom is -0.390 e. The highest BCUT2D eigenvalue weighted by Crippen LogP contribution is 2.32. The Morgan fingerprint density at radius 3 is 2.55 bits per heavy atom. The van der Waals surface area contributed by atoms with Crippen LogP contribution in [0.3, 0.4) is 0 Å². The van der Waals surface area contributed by atoms with Gasteiger partial charge in [0.25, 0.3) is 11.1 Å². The Labute approximate surface area is 130 Å². The number of halogens is 2. The molecule has 0 saturated carbocycles. The van der Waals surface area contributed by atoms with Crippen LogP contribution in [-0.4, -0.2) is 39.7 Å². The first kappa shape index (κ1) is 15.4. The predicted octanol–water partition coefficient (Wildman–Crippen LogP) is 2.98. The molecule has 1 aromatic rings. The summed E-state index contributed by atoms with van der Waals surface area (Å²) in [4.78, 5) is 25.1. The number of amides is 2. The van der Waals surface area contributed by atoms with Crippen molar-refractivity contribution in [1.29, 1.82) is 0 Å². The lowest BCUT2D eigenvalue weighted by Crippen LogP contribution is -2.36. The van der Waals surface area contributed by atoms with Gasteiger partial charge in [0.2, 0.25) is 0 Å². The largest absolute Gasteiger partial charge is 0.390 e. The van der Waals surface area contributed by atoms with Gasteiger partial charge in [-0.25, -0.2) is 0 Å². The summed E-state index contributed by atoms with van der Waals surface area (Å²) in [5.74, 6) is -0.447. The fraction of sp³-hybridized carbons (Fsp3) is 0.231. The molecule has 1 N–H and O–H groups in total. The maximum Gasteiger partial charge on any atom is 0.293 e. The summed E-state index contributed by atoms with van der Waals surface area (Å²) < 4.78 is 0. The molecule has 1 aromatic carbocycles. The van der Waals surface area contributed by atoms with Gasteiger partial charge in [-0.05, 0) is 35.5 Å². The van der Waals surface area contributed by atoms with E-state index in [0.29, 0.717) is 9.93 Å². The summed E-state index contributed by atoms with van der Waals surface area (Å²) >= 11 is 12.1. The monoisotopic (exact) mass is 331 g/mol. The maximum atomic E-state index is 12.1. The van der Waals surface area contributed by atoms with Gasteiger partial charge in [-0.1, -0.05) is 23.7 Å². The molecule has 0 aliphatic carbocycles. The molecule has 0 spiro atoms. The molecule has 106 valence electrons. The van der Waals surface area contributed by atoms with Gasteiger partial charge in [-0.15, -0.1) is 11.6 Å². The molecule has 2 amide bonds. The Hall–Kier alpha value is -1.01. The Bertz CT molecular complexity index is 559. The first-order chi connectivity index (χ1) is 9.51. The van der Waals surface area contributed by atoms with Crippen molar-refractivity contribution < 1.29 is 14.7 Å². The van der Waals surface area contributed by atoms with Gasteiger partial charge in [0, 0.05) is 5.02 Å². The molecule has 0 aromatic heterocycles. The average Bonchev–Trinajstić information content (AvgIpc) is 2.69. The third kappa shape index (κ3) is 3.55. The second-order valence-corrected chi connectivity index (χ2v) is 5.89. The fourth-order valence-corrected chi connectivity index (χ4v) is 2.70. The van der Waals surface area contributed by atoms with Gasteiger partial charge in [0.15, 0.2) is 0 Å². The van der Waals surface area contributed by atoms with E-state index in [1.165, 1.54) is 0 Å². The van der Waals surface area contributed by atoms with Crippen molar-refractivity contribution in [2.45, 2.75) is 6.10 Å². The number of aliphatic hydroxyl groups excluding tert-OH is 1. The summed E-state index contributed by atoms with van der Waals surface area (Å²) in [5.41, 5.74) is 0.776. The Kier molecular flexibility index (Phi) is 5.10. The molecule has 0 bridgehead atoms. The summed E-state index contributed by atoms with van der Waals surface area (Å²) in [5, 5.41) is 9.63. The molecular formula is C13H11Cl2NO3S.